The number of alkyl halides is 3. The van der Waals surface area contributed by atoms with Crippen molar-refractivity contribution in [3.63, 3.8) is 0 Å². The Morgan fingerprint density at radius 3 is 1.06 bits per heavy atom. The maximum atomic E-state index is 14.7. The Morgan fingerprint density at radius 1 is 0.471 bits per heavy atom. The molecule has 0 saturated heterocycles. The molecule has 4 rings (SSSR count). The highest BCUT2D eigenvalue weighted by Crippen LogP contribution is 2.52. The van der Waals surface area contributed by atoms with Gasteiger partial charge in [-0.15, -0.1) is 46.2 Å². The van der Waals surface area contributed by atoms with Crippen molar-refractivity contribution in [3.8, 4) is 33.4 Å². The molecule has 0 heterocycles. The van der Waals surface area contributed by atoms with E-state index in [1.165, 1.54) is 40.3 Å². The summed E-state index contributed by atoms with van der Waals surface area (Å²) in [6, 6.07) is 33.2. The Bertz CT molecular complexity index is 1760. The molecular formula is C41H52B2FI2P5. The third kappa shape index (κ3) is 10.7. The summed E-state index contributed by atoms with van der Waals surface area (Å²) in [6.45, 7) is 15.3. The lowest BCUT2D eigenvalue weighted by atomic mass is 9.67. The third-order valence-electron chi connectivity index (χ3n) is 10.3. The van der Waals surface area contributed by atoms with Gasteiger partial charge in [-0.05, 0) is 92.1 Å². The minimum Gasteiger partial charge on any atom is -0.254 e. The molecule has 268 valence electrons. The van der Waals surface area contributed by atoms with E-state index in [-0.39, 0.29) is 17.2 Å². The Kier molecular flexibility index (Phi) is 14.1. The molecule has 51 heavy (non-hydrogen) atoms. The standard InChI is InChI=1S/C41H52B2FI2P5/c1-35(2,3)39(45,48)24-27-20-28(25-40(46,49)36(4,5)6)22-34(21-27)33-18-16-32(17-19-33)31-14-12-30(13-15-31)29-10-8-26(9-11-29)23-38(43,47)41(50,51)37(7,42)44/h8-22H,23-25,47-51H2,1-7H3. The lowest BCUT2D eigenvalue weighted by molar-refractivity contribution is 0.267. The van der Waals surface area contributed by atoms with E-state index in [1.807, 2.05) is 0 Å². The van der Waals surface area contributed by atoms with Gasteiger partial charge in [0.25, 0.3) is 0 Å². The molecule has 0 fully saturated rings. The number of hydrogen-bond acceptors (Lipinski definition) is 0. The van der Waals surface area contributed by atoms with E-state index in [4.69, 9.17) is 15.7 Å². The molecule has 0 saturated carbocycles. The summed E-state index contributed by atoms with van der Waals surface area (Å²) in [5, 5.41) is -0.978. The third-order valence-corrected chi connectivity index (χ3v) is 20.0. The van der Waals surface area contributed by atoms with Crippen molar-refractivity contribution >= 4 is 107 Å². The van der Waals surface area contributed by atoms with Crippen molar-refractivity contribution in [1.29, 1.82) is 0 Å². The quantitative estimate of drug-likeness (QED) is 0.0608. The molecule has 0 aliphatic carbocycles. The lowest BCUT2D eigenvalue weighted by Crippen LogP contribution is -2.55. The first-order valence-corrected chi connectivity index (χ1v) is 22.2. The second-order valence-corrected chi connectivity index (χ2v) is 28.3. The molecule has 0 spiro atoms. The van der Waals surface area contributed by atoms with E-state index in [2.05, 4.69) is 224 Å². The van der Waals surface area contributed by atoms with Crippen LogP contribution in [0.25, 0.3) is 33.4 Å². The predicted octanol–water partition coefficient (Wildman–Crippen LogP) is 12.5. The van der Waals surface area contributed by atoms with E-state index in [0.717, 1.165) is 29.5 Å². The number of hydrogen-bond donors (Lipinski definition) is 0. The molecule has 0 N–H and O–H groups in total. The van der Waals surface area contributed by atoms with Gasteiger partial charge in [0, 0.05) is 11.2 Å². The molecule has 4 aromatic carbocycles. The van der Waals surface area contributed by atoms with Gasteiger partial charge in [0.05, 0.1) is 13.4 Å². The molecule has 0 amide bonds. The van der Waals surface area contributed by atoms with Crippen LogP contribution in [0.3, 0.4) is 0 Å². The monoisotopic (exact) mass is 994 g/mol. The second-order valence-electron chi connectivity index (χ2n) is 16.6. The van der Waals surface area contributed by atoms with Crippen LogP contribution in [-0.2, 0) is 19.3 Å². The second kappa shape index (κ2) is 16.2. The van der Waals surface area contributed by atoms with E-state index >= 15 is 0 Å². The van der Waals surface area contributed by atoms with Gasteiger partial charge in [-0.3, -0.25) is 4.39 Å². The Labute approximate surface area is 349 Å². The molecule has 0 bridgehead atoms. The minimum atomic E-state index is -1.99. The van der Waals surface area contributed by atoms with Crippen molar-refractivity contribution in [1.82, 2.24) is 0 Å². The van der Waals surface area contributed by atoms with Crippen LogP contribution in [0.1, 0.15) is 65.2 Å². The maximum Gasteiger partial charge on any atom is 0.122 e. The van der Waals surface area contributed by atoms with Gasteiger partial charge in [0.1, 0.15) is 7.85 Å². The fourth-order valence-electron chi connectivity index (χ4n) is 5.72. The minimum absolute atomic E-state index is 0.0370. The molecule has 0 aromatic heterocycles. The Morgan fingerprint density at radius 2 is 0.765 bits per heavy atom. The summed E-state index contributed by atoms with van der Waals surface area (Å²) in [5.41, 5.74) is 9.14. The first-order valence-electron chi connectivity index (χ1n) is 17.2. The van der Waals surface area contributed by atoms with Gasteiger partial charge >= 0.3 is 0 Å². The van der Waals surface area contributed by atoms with Gasteiger partial charge in [0.2, 0.25) is 0 Å². The first kappa shape index (κ1) is 44.3. The van der Waals surface area contributed by atoms with Gasteiger partial charge in [-0.25, -0.2) is 0 Å². The van der Waals surface area contributed by atoms with E-state index < -0.39 is 15.5 Å². The van der Waals surface area contributed by atoms with E-state index in [9.17, 15) is 4.39 Å². The zero-order valence-electron chi connectivity index (χ0n) is 31.0. The molecule has 9 atom stereocenters. The van der Waals surface area contributed by atoms with Crippen LogP contribution >= 0.6 is 91.4 Å². The summed E-state index contributed by atoms with van der Waals surface area (Å²) >= 11 is 5.26. The van der Waals surface area contributed by atoms with Crippen LogP contribution in [0.4, 0.5) is 4.39 Å². The highest BCUT2D eigenvalue weighted by Gasteiger charge is 2.48. The van der Waals surface area contributed by atoms with Crippen molar-refractivity contribution in [2.75, 3.05) is 0 Å². The SMILES string of the molecule is [B]C(C)(F)C(P)(P)C([B])(P)Cc1ccc(-c2ccc(-c3ccc(-c4cc(CC(P)(I)C(C)(C)C)cc(CC(P)(I)C(C)(C)C)c4)cc3)cc2)cc1. The molecular weight excluding hydrogens is 942 g/mol. The number of halogens is 3. The largest absolute Gasteiger partial charge is 0.254 e. The van der Waals surface area contributed by atoms with E-state index in [0.29, 0.717) is 6.42 Å². The lowest BCUT2D eigenvalue weighted by Gasteiger charge is -2.48. The summed E-state index contributed by atoms with van der Waals surface area (Å²) in [5.74, 6) is 0. The Hall–Kier alpha value is 0.550. The maximum absolute atomic E-state index is 14.7. The van der Waals surface area contributed by atoms with Crippen LogP contribution in [0.5, 0.6) is 0 Å². The zero-order chi connectivity index (χ0) is 38.4. The molecule has 0 aliphatic rings. The highest BCUT2D eigenvalue weighted by atomic mass is 127. The zero-order valence-corrected chi connectivity index (χ0v) is 41.0. The van der Waals surface area contributed by atoms with Gasteiger partial charge in [-0.1, -0.05) is 178 Å². The summed E-state index contributed by atoms with van der Waals surface area (Å²) in [7, 11) is 26.2. The highest BCUT2D eigenvalue weighted by molar-refractivity contribution is 14.1. The van der Waals surface area contributed by atoms with Crippen LogP contribution in [-0.4, -0.2) is 37.5 Å². The fourth-order valence-corrected chi connectivity index (χ4v) is 7.80. The summed E-state index contributed by atoms with van der Waals surface area (Å²) in [4.78, 5) is -1.12. The predicted molar refractivity (Wildman–Crippen MR) is 261 cm³/mol. The smallest absolute Gasteiger partial charge is 0.122 e. The van der Waals surface area contributed by atoms with Gasteiger partial charge in [-0.2, -0.15) is 0 Å². The first-order chi connectivity index (χ1) is 23.1. The molecule has 10 heteroatoms. The summed E-state index contributed by atoms with van der Waals surface area (Å²) in [6.07, 6.45) is 2.40. The molecule has 0 aliphatic heterocycles. The van der Waals surface area contributed by atoms with Gasteiger partial charge < -0.3 is 0 Å². The molecule has 0 nitrogen and oxygen atoms in total. The molecule has 4 aromatic rings. The summed E-state index contributed by atoms with van der Waals surface area (Å²) < 4.78 is 14.8. The van der Waals surface area contributed by atoms with Crippen molar-refractivity contribution in [3.05, 3.63) is 108 Å². The van der Waals surface area contributed by atoms with E-state index in [1.54, 1.807) is 0 Å². The Balaban J connectivity index is 1.56. The van der Waals surface area contributed by atoms with Gasteiger partial charge in [0.15, 0.2) is 0 Å². The van der Waals surface area contributed by atoms with Crippen molar-refractivity contribution in [2.24, 2.45) is 10.8 Å². The number of rotatable bonds is 11. The average molecular weight is 994 g/mol. The molecule has 9 unspecified atom stereocenters. The van der Waals surface area contributed by atoms with Crippen LogP contribution < -0.4 is 0 Å². The van der Waals surface area contributed by atoms with Crippen LogP contribution in [0, 0.1) is 10.8 Å². The fraction of sp³-hybridized carbons (Fsp3) is 0.415. The average Bonchev–Trinajstić information content (AvgIpc) is 2.99. The normalized spacial score (nSPS) is 17.5. The van der Waals surface area contributed by atoms with Crippen molar-refractivity contribution < 1.29 is 4.39 Å². The topological polar surface area (TPSA) is 0 Å². The van der Waals surface area contributed by atoms with Crippen molar-refractivity contribution in [2.45, 2.75) is 89.6 Å². The van der Waals surface area contributed by atoms with Crippen LogP contribution in [0.2, 0.25) is 0 Å². The van der Waals surface area contributed by atoms with Crippen LogP contribution in [0.15, 0.2) is 91.0 Å². The molecule has 4 radical (unpaired) electrons. The number of benzene rings is 4.